The van der Waals surface area contributed by atoms with Crippen LogP contribution in [0.1, 0.15) is 24.4 Å². The van der Waals surface area contributed by atoms with Crippen molar-refractivity contribution in [2.45, 2.75) is 19.1 Å². The van der Waals surface area contributed by atoms with Crippen molar-refractivity contribution in [2.75, 3.05) is 18.5 Å². The largest absolute Gasteiger partial charge is 0.486 e. The molecular weight excluding hydrogens is 359 g/mol. The molecule has 2 aromatic carbocycles. The van der Waals surface area contributed by atoms with Gasteiger partial charge in [-0.15, -0.1) is 0 Å². The second-order valence-corrected chi connectivity index (χ2v) is 6.18. The number of ether oxygens (including phenoxy) is 2. The van der Waals surface area contributed by atoms with E-state index in [1.54, 1.807) is 24.3 Å². The fourth-order valence-corrected chi connectivity index (χ4v) is 2.93. The molecule has 0 bridgehead atoms. The van der Waals surface area contributed by atoms with E-state index in [0.29, 0.717) is 30.1 Å². The number of halogens is 3. The first-order valence-electron chi connectivity index (χ1n) is 8.42. The Morgan fingerprint density at radius 2 is 1.74 bits per heavy atom. The zero-order valence-corrected chi connectivity index (χ0v) is 14.4. The van der Waals surface area contributed by atoms with E-state index in [-0.39, 0.29) is 17.4 Å². The molecule has 0 aliphatic carbocycles. The number of hydrogen-bond donors (Lipinski definition) is 1. The van der Waals surface area contributed by atoms with Gasteiger partial charge in [-0.2, -0.15) is 13.2 Å². The molecule has 140 valence electrons. The molecule has 2 heterocycles. The summed E-state index contributed by atoms with van der Waals surface area (Å²) in [5.41, 5.74) is 1.08. The van der Waals surface area contributed by atoms with Crippen LogP contribution in [0.15, 0.2) is 42.5 Å². The van der Waals surface area contributed by atoms with E-state index < -0.39 is 12.0 Å². The van der Waals surface area contributed by atoms with Gasteiger partial charge in [0.25, 0.3) is 0 Å². The zero-order valence-electron chi connectivity index (χ0n) is 14.4. The standard InChI is InChI=1S/C19H16F3N3O2/c1-11(12-6-7-15-16(10-12)27-9-8-26-15)23-17-13-4-2-3-5-14(13)24-18(25-17)19(20,21)22/h2-7,10-11H,8-9H2,1H3,(H,23,24,25)/t11-/m1/s1. The molecule has 0 fully saturated rings. The van der Waals surface area contributed by atoms with E-state index in [4.69, 9.17) is 9.47 Å². The lowest BCUT2D eigenvalue weighted by molar-refractivity contribution is -0.144. The third-order valence-electron chi connectivity index (χ3n) is 4.28. The molecule has 3 aromatic rings. The minimum atomic E-state index is -4.62. The van der Waals surface area contributed by atoms with Crippen LogP contribution in [-0.4, -0.2) is 23.2 Å². The Morgan fingerprint density at radius 1 is 1.00 bits per heavy atom. The topological polar surface area (TPSA) is 56.3 Å². The summed E-state index contributed by atoms with van der Waals surface area (Å²) in [6.45, 7) is 2.80. The van der Waals surface area contributed by atoms with Crippen LogP contribution < -0.4 is 14.8 Å². The van der Waals surface area contributed by atoms with Crippen LogP contribution in [0, 0.1) is 0 Å². The van der Waals surface area contributed by atoms with Gasteiger partial charge < -0.3 is 14.8 Å². The fraction of sp³-hybridized carbons (Fsp3) is 0.263. The fourth-order valence-electron chi connectivity index (χ4n) is 2.93. The molecule has 8 heteroatoms. The number of fused-ring (bicyclic) bond motifs is 2. The molecule has 4 rings (SSSR count). The van der Waals surface area contributed by atoms with Crippen molar-refractivity contribution < 1.29 is 22.6 Å². The molecule has 0 saturated heterocycles. The van der Waals surface area contributed by atoms with E-state index in [9.17, 15) is 13.2 Å². The minimum Gasteiger partial charge on any atom is -0.486 e. The van der Waals surface area contributed by atoms with Gasteiger partial charge in [0, 0.05) is 5.39 Å². The number of rotatable bonds is 3. The van der Waals surface area contributed by atoms with Crippen molar-refractivity contribution in [3.63, 3.8) is 0 Å². The van der Waals surface area contributed by atoms with Gasteiger partial charge in [0.1, 0.15) is 19.0 Å². The normalized spacial score (nSPS) is 14.8. The molecule has 1 aliphatic rings. The van der Waals surface area contributed by atoms with E-state index >= 15 is 0 Å². The van der Waals surface area contributed by atoms with Gasteiger partial charge in [-0.05, 0) is 36.8 Å². The average Bonchev–Trinajstić information content (AvgIpc) is 2.66. The second-order valence-electron chi connectivity index (χ2n) is 6.18. The molecule has 1 N–H and O–H groups in total. The third kappa shape index (κ3) is 3.47. The molecule has 1 aliphatic heterocycles. The molecule has 0 saturated carbocycles. The summed E-state index contributed by atoms with van der Waals surface area (Å²) in [5, 5.41) is 3.60. The average molecular weight is 375 g/mol. The van der Waals surface area contributed by atoms with E-state index in [2.05, 4.69) is 15.3 Å². The smallest absolute Gasteiger partial charge is 0.451 e. The number of aromatic nitrogens is 2. The Balaban J connectivity index is 1.70. The molecule has 0 spiro atoms. The lowest BCUT2D eigenvalue weighted by Gasteiger charge is -2.22. The number of benzene rings is 2. The van der Waals surface area contributed by atoms with Gasteiger partial charge in [0.05, 0.1) is 11.6 Å². The minimum absolute atomic E-state index is 0.135. The van der Waals surface area contributed by atoms with Crippen LogP contribution in [0.5, 0.6) is 11.5 Å². The number of nitrogens with one attached hydrogen (secondary N) is 1. The first kappa shape index (κ1) is 17.4. The van der Waals surface area contributed by atoms with Gasteiger partial charge in [-0.3, -0.25) is 0 Å². The molecule has 0 radical (unpaired) electrons. The highest BCUT2D eigenvalue weighted by Crippen LogP contribution is 2.35. The highest BCUT2D eigenvalue weighted by atomic mass is 19.4. The highest BCUT2D eigenvalue weighted by molar-refractivity contribution is 5.89. The van der Waals surface area contributed by atoms with Crippen molar-refractivity contribution >= 4 is 16.7 Å². The summed E-state index contributed by atoms with van der Waals surface area (Å²) in [6.07, 6.45) is -4.62. The summed E-state index contributed by atoms with van der Waals surface area (Å²) >= 11 is 0. The molecule has 0 unspecified atom stereocenters. The summed E-state index contributed by atoms with van der Waals surface area (Å²) < 4.78 is 50.6. The summed E-state index contributed by atoms with van der Waals surface area (Å²) in [6, 6.07) is 11.8. The number of alkyl halides is 3. The summed E-state index contributed by atoms with van der Waals surface area (Å²) in [5.74, 6) is 0.244. The van der Waals surface area contributed by atoms with Crippen LogP contribution in [-0.2, 0) is 6.18 Å². The summed E-state index contributed by atoms with van der Waals surface area (Å²) in [4.78, 5) is 7.35. The Kier molecular flexibility index (Phi) is 4.25. The molecule has 1 aromatic heterocycles. The molecule has 1 atom stereocenters. The maximum atomic E-state index is 13.2. The van der Waals surface area contributed by atoms with Gasteiger partial charge >= 0.3 is 6.18 Å². The number of para-hydroxylation sites is 1. The Hall–Kier alpha value is -3.03. The van der Waals surface area contributed by atoms with Crippen molar-refractivity contribution in [1.29, 1.82) is 0 Å². The maximum absolute atomic E-state index is 13.2. The maximum Gasteiger partial charge on any atom is 0.451 e. The van der Waals surface area contributed by atoms with Crippen molar-refractivity contribution in [3.05, 3.63) is 53.9 Å². The van der Waals surface area contributed by atoms with Gasteiger partial charge in [-0.25, -0.2) is 9.97 Å². The number of nitrogens with zero attached hydrogens (tertiary/aromatic N) is 2. The molecular formula is C19H16F3N3O2. The molecule has 27 heavy (non-hydrogen) atoms. The van der Waals surface area contributed by atoms with Crippen molar-refractivity contribution in [1.82, 2.24) is 9.97 Å². The first-order chi connectivity index (χ1) is 12.9. The van der Waals surface area contributed by atoms with Crippen LogP contribution in [0.3, 0.4) is 0 Å². The summed E-state index contributed by atoms with van der Waals surface area (Å²) in [7, 11) is 0. The highest BCUT2D eigenvalue weighted by Gasteiger charge is 2.35. The predicted molar refractivity (Wildman–Crippen MR) is 94.0 cm³/mol. The number of anilines is 1. The quantitative estimate of drug-likeness (QED) is 0.726. The van der Waals surface area contributed by atoms with Gasteiger partial charge in [0.15, 0.2) is 11.5 Å². The Bertz CT molecular complexity index is 992. The molecule has 0 amide bonds. The second kappa shape index (κ2) is 6.61. The lowest BCUT2D eigenvalue weighted by Crippen LogP contribution is -2.17. The lowest BCUT2D eigenvalue weighted by atomic mass is 10.1. The van der Waals surface area contributed by atoms with Crippen LogP contribution in [0.2, 0.25) is 0 Å². The van der Waals surface area contributed by atoms with E-state index in [0.717, 1.165) is 5.56 Å². The zero-order chi connectivity index (χ0) is 19.0. The van der Waals surface area contributed by atoms with Crippen LogP contribution in [0.25, 0.3) is 10.9 Å². The van der Waals surface area contributed by atoms with E-state index in [1.165, 1.54) is 6.07 Å². The predicted octanol–water partition coefficient (Wildman–Crippen LogP) is 4.59. The Morgan fingerprint density at radius 3 is 2.52 bits per heavy atom. The van der Waals surface area contributed by atoms with Crippen LogP contribution >= 0.6 is 0 Å². The van der Waals surface area contributed by atoms with Gasteiger partial charge in [-0.1, -0.05) is 18.2 Å². The Labute approximate surface area is 153 Å². The monoisotopic (exact) mass is 375 g/mol. The van der Waals surface area contributed by atoms with Gasteiger partial charge in [0.2, 0.25) is 5.82 Å². The SMILES string of the molecule is C[C@@H](Nc1nc(C(F)(F)F)nc2ccccc12)c1ccc2c(c1)OCCO2. The van der Waals surface area contributed by atoms with Crippen molar-refractivity contribution in [3.8, 4) is 11.5 Å². The third-order valence-corrected chi connectivity index (χ3v) is 4.28. The first-order valence-corrected chi connectivity index (χ1v) is 8.42. The number of hydrogen-bond acceptors (Lipinski definition) is 5. The van der Waals surface area contributed by atoms with E-state index in [1.807, 2.05) is 19.1 Å². The van der Waals surface area contributed by atoms with Crippen LogP contribution in [0.4, 0.5) is 19.0 Å². The van der Waals surface area contributed by atoms with Crippen molar-refractivity contribution in [2.24, 2.45) is 0 Å². The molecule has 5 nitrogen and oxygen atoms in total.